The van der Waals surface area contributed by atoms with Crippen molar-refractivity contribution in [2.45, 2.75) is 32.6 Å². The molecule has 3 heterocycles. The number of aryl methyl sites for hydroxylation is 1. The van der Waals surface area contributed by atoms with Crippen molar-refractivity contribution in [1.82, 2.24) is 19.5 Å². The number of likely N-dealkylation sites (tertiary alicyclic amines) is 1. The van der Waals surface area contributed by atoms with E-state index in [1.165, 1.54) is 17.8 Å². The molecule has 0 aliphatic carbocycles. The summed E-state index contributed by atoms with van der Waals surface area (Å²) in [6.45, 7) is 3.43. The number of ether oxygens (including phenoxy) is 1. The minimum absolute atomic E-state index is 0.0126. The molecule has 1 aliphatic rings. The molecule has 28 heavy (non-hydrogen) atoms. The Morgan fingerprint density at radius 2 is 1.89 bits per heavy atom. The summed E-state index contributed by atoms with van der Waals surface area (Å²) in [5, 5.41) is 4.51. The maximum atomic E-state index is 12.9. The summed E-state index contributed by atoms with van der Waals surface area (Å²) in [5.41, 5.74) is 1.69. The van der Waals surface area contributed by atoms with Crippen molar-refractivity contribution >= 4 is 22.2 Å². The molecule has 0 radical (unpaired) electrons. The monoisotopic (exact) mass is 398 g/mol. The predicted octanol–water partition coefficient (Wildman–Crippen LogP) is 2.68. The van der Waals surface area contributed by atoms with Gasteiger partial charge in [-0.2, -0.15) is 10.1 Å². The lowest BCUT2D eigenvalue weighted by Gasteiger charge is -2.26. The van der Waals surface area contributed by atoms with Gasteiger partial charge in [0.2, 0.25) is 4.96 Å². The first-order valence-electron chi connectivity index (χ1n) is 9.38. The van der Waals surface area contributed by atoms with Gasteiger partial charge in [-0.15, -0.1) is 0 Å². The van der Waals surface area contributed by atoms with Crippen LogP contribution in [0.15, 0.2) is 29.1 Å². The molecule has 0 N–H and O–H groups in total. The number of piperidine rings is 1. The van der Waals surface area contributed by atoms with Crippen LogP contribution in [0, 0.1) is 6.92 Å². The molecule has 8 heteroatoms. The van der Waals surface area contributed by atoms with E-state index >= 15 is 0 Å². The van der Waals surface area contributed by atoms with E-state index in [4.69, 9.17) is 4.74 Å². The predicted molar refractivity (Wildman–Crippen MR) is 107 cm³/mol. The third kappa shape index (κ3) is 3.52. The van der Waals surface area contributed by atoms with Gasteiger partial charge in [-0.05, 0) is 43.9 Å². The van der Waals surface area contributed by atoms with Gasteiger partial charge >= 0.3 is 0 Å². The number of hydrogen-bond acceptors (Lipinski definition) is 6. The Labute approximate surface area is 166 Å². The van der Waals surface area contributed by atoms with Crippen molar-refractivity contribution in [1.29, 1.82) is 0 Å². The maximum Gasteiger partial charge on any atom is 0.296 e. The lowest BCUT2D eigenvalue weighted by molar-refractivity contribution is 0.0728. The van der Waals surface area contributed by atoms with Crippen molar-refractivity contribution in [3.8, 4) is 5.75 Å². The third-order valence-electron chi connectivity index (χ3n) is 5.05. The Balaban J connectivity index is 1.66. The highest BCUT2D eigenvalue weighted by molar-refractivity contribution is 7.19. The van der Waals surface area contributed by atoms with Gasteiger partial charge in [0.05, 0.1) is 12.8 Å². The van der Waals surface area contributed by atoms with Crippen LogP contribution in [0.5, 0.6) is 5.75 Å². The Morgan fingerprint density at radius 1 is 1.18 bits per heavy atom. The van der Waals surface area contributed by atoms with Crippen LogP contribution in [0.3, 0.4) is 0 Å². The van der Waals surface area contributed by atoms with Crippen LogP contribution in [0.4, 0.5) is 0 Å². The zero-order valence-electron chi connectivity index (χ0n) is 16.0. The first kappa shape index (κ1) is 18.6. The molecule has 4 rings (SSSR count). The first-order valence-corrected chi connectivity index (χ1v) is 10.2. The number of thiazole rings is 1. The molecule has 0 atom stereocenters. The van der Waals surface area contributed by atoms with Gasteiger partial charge in [0.1, 0.15) is 16.3 Å². The second-order valence-corrected chi connectivity index (χ2v) is 7.93. The third-order valence-corrected chi connectivity index (χ3v) is 6.17. The van der Waals surface area contributed by atoms with Crippen LogP contribution >= 0.6 is 11.3 Å². The molecule has 0 spiro atoms. The number of hydrogen-bond donors (Lipinski definition) is 0. The largest absolute Gasteiger partial charge is 0.497 e. The number of carbonyl (C=O) groups is 1. The number of benzene rings is 1. The SMILES string of the molecule is COc1ccc(Cc2nn3c(C)c(C(=O)N4CCCCC4)sc3nc2=O)cc1. The van der Waals surface area contributed by atoms with Crippen LogP contribution in [0.1, 0.15) is 45.9 Å². The van der Waals surface area contributed by atoms with E-state index in [0.717, 1.165) is 42.9 Å². The van der Waals surface area contributed by atoms with Crippen LogP contribution in [0.2, 0.25) is 0 Å². The molecule has 1 saturated heterocycles. The molecule has 146 valence electrons. The molecule has 0 saturated carbocycles. The van der Waals surface area contributed by atoms with Crippen molar-refractivity contribution in [2.24, 2.45) is 0 Å². The molecular formula is C20H22N4O3S. The van der Waals surface area contributed by atoms with Crippen molar-refractivity contribution < 1.29 is 9.53 Å². The van der Waals surface area contributed by atoms with E-state index < -0.39 is 0 Å². The number of nitrogens with zero attached hydrogens (tertiary/aromatic N) is 4. The van der Waals surface area contributed by atoms with Crippen molar-refractivity contribution in [2.75, 3.05) is 20.2 Å². The van der Waals surface area contributed by atoms with E-state index in [-0.39, 0.29) is 11.5 Å². The summed E-state index contributed by atoms with van der Waals surface area (Å²) in [6, 6.07) is 7.51. The molecule has 1 amide bonds. The highest BCUT2D eigenvalue weighted by atomic mass is 32.1. The second kappa shape index (κ2) is 7.71. The summed E-state index contributed by atoms with van der Waals surface area (Å²) in [7, 11) is 1.61. The molecule has 3 aromatic rings. The smallest absolute Gasteiger partial charge is 0.296 e. The average Bonchev–Trinajstić information content (AvgIpc) is 3.04. The molecule has 1 aromatic carbocycles. The Morgan fingerprint density at radius 3 is 2.57 bits per heavy atom. The highest BCUT2D eigenvalue weighted by Gasteiger charge is 2.24. The van der Waals surface area contributed by atoms with E-state index in [1.54, 1.807) is 11.6 Å². The van der Waals surface area contributed by atoms with Gasteiger partial charge < -0.3 is 9.64 Å². The topological polar surface area (TPSA) is 76.8 Å². The van der Waals surface area contributed by atoms with Crippen LogP contribution in [-0.4, -0.2) is 45.6 Å². The summed E-state index contributed by atoms with van der Waals surface area (Å²) in [5.74, 6) is 0.773. The van der Waals surface area contributed by atoms with Gasteiger partial charge in [-0.3, -0.25) is 9.59 Å². The Bertz CT molecular complexity index is 1070. The number of fused-ring (bicyclic) bond motifs is 1. The standard InChI is InChI=1S/C20H22N4O3S/c1-13-17(19(26)23-10-4-3-5-11-23)28-20-21-18(25)16(22-24(13)20)12-14-6-8-15(27-2)9-7-14/h6-9H,3-5,10-12H2,1-2H3. The normalized spacial score (nSPS) is 14.4. The van der Waals surface area contributed by atoms with Gasteiger partial charge in [0, 0.05) is 19.5 Å². The summed E-state index contributed by atoms with van der Waals surface area (Å²) in [4.78, 5) is 32.5. The molecule has 0 bridgehead atoms. The van der Waals surface area contributed by atoms with Crippen molar-refractivity contribution in [3.63, 3.8) is 0 Å². The zero-order chi connectivity index (χ0) is 19.7. The van der Waals surface area contributed by atoms with E-state index in [9.17, 15) is 9.59 Å². The van der Waals surface area contributed by atoms with Crippen LogP contribution in [-0.2, 0) is 6.42 Å². The van der Waals surface area contributed by atoms with Crippen LogP contribution < -0.4 is 10.3 Å². The number of rotatable bonds is 4. The van der Waals surface area contributed by atoms with E-state index in [0.29, 0.717) is 22.0 Å². The quantitative estimate of drug-likeness (QED) is 0.675. The minimum atomic E-state index is -0.353. The lowest BCUT2D eigenvalue weighted by Crippen LogP contribution is -2.35. The summed E-state index contributed by atoms with van der Waals surface area (Å²) >= 11 is 1.24. The highest BCUT2D eigenvalue weighted by Crippen LogP contribution is 2.23. The molecule has 7 nitrogen and oxygen atoms in total. The lowest BCUT2D eigenvalue weighted by atomic mass is 10.1. The average molecular weight is 398 g/mol. The fraction of sp³-hybridized carbons (Fsp3) is 0.400. The second-order valence-electron chi connectivity index (χ2n) is 6.95. The Kier molecular flexibility index (Phi) is 5.13. The summed E-state index contributed by atoms with van der Waals surface area (Å²) in [6.07, 6.45) is 3.62. The molecule has 2 aromatic heterocycles. The van der Waals surface area contributed by atoms with Gasteiger partial charge in [0.25, 0.3) is 11.5 Å². The number of methoxy groups -OCH3 is 1. The molecular weight excluding hydrogens is 376 g/mol. The fourth-order valence-corrected chi connectivity index (χ4v) is 4.46. The minimum Gasteiger partial charge on any atom is -0.497 e. The molecule has 1 aliphatic heterocycles. The van der Waals surface area contributed by atoms with E-state index in [2.05, 4.69) is 10.1 Å². The zero-order valence-corrected chi connectivity index (χ0v) is 16.8. The van der Waals surface area contributed by atoms with Gasteiger partial charge in [-0.25, -0.2) is 4.52 Å². The number of aromatic nitrogens is 3. The number of carbonyl (C=O) groups excluding carboxylic acids is 1. The summed E-state index contributed by atoms with van der Waals surface area (Å²) < 4.78 is 6.79. The maximum absolute atomic E-state index is 12.9. The number of amides is 1. The fourth-order valence-electron chi connectivity index (χ4n) is 3.44. The van der Waals surface area contributed by atoms with Crippen molar-refractivity contribution in [3.05, 3.63) is 56.4 Å². The van der Waals surface area contributed by atoms with Crippen LogP contribution in [0.25, 0.3) is 4.96 Å². The van der Waals surface area contributed by atoms with Gasteiger partial charge in [0.15, 0.2) is 0 Å². The van der Waals surface area contributed by atoms with Gasteiger partial charge in [-0.1, -0.05) is 23.5 Å². The Hall–Kier alpha value is -2.74. The molecule has 0 unspecified atom stereocenters. The molecule has 1 fully saturated rings. The first-order chi connectivity index (χ1) is 13.6. The van der Waals surface area contributed by atoms with E-state index in [1.807, 2.05) is 36.1 Å².